The van der Waals surface area contributed by atoms with E-state index in [9.17, 15) is 14.4 Å². The molecule has 0 spiro atoms. The van der Waals surface area contributed by atoms with Gasteiger partial charge in [0.1, 0.15) is 5.75 Å². The molecule has 3 fully saturated rings. The maximum atomic E-state index is 13.3. The molecule has 2 bridgehead atoms. The highest BCUT2D eigenvalue weighted by molar-refractivity contribution is 9.10. The zero-order valence-electron chi connectivity index (χ0n) is 15.9. The van der Waals surface area contributed by atoms with Crippen LogP contribution in [-0.2, 0) is 9.59 Å². The van der Waals surface area contributed by atoms with Gasteiger partial charge in [-0.3, -0.25) is 9.59 Å². The Kier molecular flexibility index (Phi) is 3.84. The molecular formula is C24H18BrNO4. The lowest BCUT2D eigenvalue weighted by molar-refractivity contribution is -0.124. The summed E-state index contributed by atoms with van der Waals surface area (Å²) in [6.45, 7) is 0. The van der Waals surface area contributed by atoms with E-state index in [0.29, 0.717) is 28.8 Å². The number of carbonyl (C=O) groups is 3. The van der Waals surface area contributed by atoms with Crippen LogP contribution in [0.3, 0.4) is 0 Å². The predicted octanol–water partition coefficient (Wildman–Crippen LogP) is 4.23. The normalized spacial score (nSPS) is 32.8. The van der Waals surface area contributed by atoms with Gasteiger partial charge in [-0.05, 0) is 72.6 Å². The number of carbonyl (C=O) groups excluding carboxylic acids is 3. The summed E-state index contributed by atoms with van der Waals surface area (Å²) >= 11 is 3.35. The summed E-state index contributed by atoms with van der Waals surface area (Å²) in [5.74, 6) is 0.600. The number of amides is 2. The lowest BCUT2D eigenvalue weighted by Gasteiger charge is -2.37. The Hall–Kier alpha value is -2.73. The minimum atomic E-state index is -0.529. The second-order valence-electron chi connectivity index (χ2n) is 8.56. The van der Waals surface area contributed by atoms with E-state index in [1.54, 1.807) is 48.5 Å². The number of benzene rings is 2. The van der Waals surface area contributed by atoms with Gasteiger partial charge in [-0.25, -0.2) is 9.69 Å². The van der Waals surface area contributed by atoms with Gasteiger partial charge in [0.05, 0.1) is 23.1 Å². The summed E-state index contributed by atoms with van der Waals surface area (Å²) in [6, 6.07) is 13.5. The molecule has 2 aromatic rings. The van der Waals surface area contributed by atoms with Gasteiger partial charge in [0.25, 0.3) is 0 Å². The number of ether oxygens (including phenoxy) is 1. The van der Waals surface area contributed by atoms with Crippen molar-refractivity contribution in [3.63, 3.8) is 0 Å². The Bertz CT molecular complexity index is 1090. The number of esters is 1. The predicted molar refractivity (Wildman–Crippen MR) is 113 cm³/mol. The quantitative estimate of drug-likeness (QED) is 0.295. The summed E-state index contributed by atoms with van der Waals surface area (Å²) in [6.07, 6.45) is 5.44. The number of imide groups is 1. The summed E-state index contributed by atoms with van der Waals surface area (Å²) in [5.41, 5.74) is 0.743. The molecule has 6 heteroatoms. The highest BCUT2D eigenvalue weighted by atomic mass is 79.9. The third kappa shape index (κ3) is 2.56. The van der Waals surface area contributed by atoms with Gasteiger partial charge in [-0.2, -0.15) is 0 Å². The van der Waals surface area contributed by atoms with Crippen molar-refractivity contribution in [3.8, 4) is 5.75 Å². The molecule has 2 aromatic carbocycles. The molecule has 5 nitrogen and oxygen atoms in total. The molecule has 2 saturated carbocycles. The molecule has 6 atom stereocenters. The summed E-state index contributed by atoms with van der Waals surface area (Å²) in [7, 11) is 0. The van der Waals surface area contributed by atoms with Crippen LogP contribution in [0.5, 0.6) is 5.75 Å². The topological polar surface area (TPSA) is 63.7 Å². The molecule has 0 unspecified atom stereocenters. The van der Waals surface area contributed by atoms with Crippen molar-refractivity contribution in [1.82, 2.24) is 0 Å². The van der Waals surface area contributed by atoms with E-state index in [1.165, 1.54) is 4.90 Å². The molecule has 0 aromatic heterocycles. The van der Waals surface area contributed by atoms with E-state index in [1.807, 2.05) is 0 Å². The maximum absolute atomic E-state index is 13.3. The van der Waals surface area contributed by atoms with E-state index in [0.717, 1.165) is 10.9 Å². The fraction of sp³-hybridized carbons (Fsp3) is 0.292. The molecule has 0 radical (unpaired) electrons. The van der Waals surface area contributed by atoms with Crippen molar-refractivity contribution in [3.05, 3.63) is 70.7 Å². The molecule has 5 aliphatic rings. The number of halogens is 1. The van der Waals surface area contributed by atoms with Crippen LogP contribution >= 0.6 is 15.9 Å². The molecule has 0 N–H and O–H groups in total. The van der Waals surface area contributed by atoms with Crippen LogP contribution in [0.1, 0.15) is 16.8 Å². The molecule has 1 heterocycles. The lowest BCUT2D eigenvalue weighted by Crippen LogP contribution is -2.40. The summed E-state index contributed by atoms with van der Waals surface area (Å²) in [4.78, 5) is 40.4. The average Bonchev–Trinajstić information content (AvgIpc) is 3.53. The van der Waals surface area contributed by atoms with Crippen molar-refractivity contribution in [1.29, 1.82) is 0 Å². The summed E-state index contributed by atoms with van der Waals surface area (Å²) < 4.78 is 6.31. The van der Waals surface area contributed by atoms with Crippen LogP contribution in [0.2, 0.25) is 0 Å². The maximum Gasteiger partial charge on any atom is 0.343 e. The van der Waals surface area contributed by atoms with Crippen LogP contribution in [0.15, 0.2) is 65.2 Å². The van der Waals surface area contributed by atoms with Crippen LogP contribution in [0.4, 0.5) is 5.69 Å². The molecule has 1 aliphatic heterocycles. The van der Waals surface area contributed by atoms with E-state index in [2.05, 4.69) is 28.1 Å². The van der Waals surface area contributed by atoms with Gasteiger partial charge in [-0.1, -0.05) is 34.1 Å². The second kappa shape index (κ2) is 6.38. The van der Waals surface area contributed by atoms with Crippen molar-refractivity contribution in [2.45, 2.75) is 6.42 Å². The Morgan fingerprint density at radius 1 is 0.933 bits per heavy atom. The molecule has 30 heavy (non-hydrogen) atoms. The van der Waals surface area contributed by atoms with E-state index in [4.69, 9.17) is 4.74 Å². The highest BCUT2D eigenvalue weighted by Crippen LogP contribution is 2.65. The fourth-order valence-electron chi connectivity index (χ4n) is 5.65. The third-order valence-electron chi connectivity index (χ3n) is 7.03. The average molecular weight is 464 g/mol. The number of rotatable bonds is 3. The fourth-order valence-corrected chi connectivity index (χ4v) is 5.92. The Labute approximate surface area is 181 Å². The zero-order chi connectivity index (χ0) is 20.6. The van der Waals surface area contributed by atoms with E-state index in [-0.39, 0.29) is 35.5 Å². The van der Waals surface area contributed by atoms with Crippen LogP contribution in [0.25, 0.3) is 0 Å². The zero-order valence-corrected chi connectivity index (χ0v) is 17.5. The SMILES string of the molecule is O=C(Oc1ccc(Br)cc1)c1cccc(N2C(=O)[C@@H]3[C@H]4C=C[C@@H]([C@@H]5C[C@H]45)[C@H]3C2=O)c1. The van der Waals surface area contributed by atoms with Crippen molar-refractivity contribution < 1.29 is 19.1 Å². The first-order chi connectivity index (χ1) is 14.5. The number of hydrogen-bond acceptors (Lipinski definition) is 4. The Morgan fingerprint density at radius 2 is 1.57 bits per heavy atom. The Morgan fingerprint density at radius 3 is 2.20 bits per heavy atom. The van der Waals surface area contributed by atoms with Crippen LogP contribution in [0, 0.1) is 35.5 Å². The lowest BCUT2D eigenvalue weighted by atomic mass is 9.63. The first-order valence-electron chi connectivity index (χ1n) is 10.2. The third-order valence-corrected chi connectivity index (χ3v) is 7.56. The Balaban J connectivity index is 1.28. The molecular weight excluding hydrogens is 446 g/mol. The molecule has 4 aliphatic carbocycles. The molecule has 2 amide bonds. The van der Waals surface area contributed by atoms with Gasteiger partial charge >= 0.3 is 5.97 Å². The monoisotopic (exact) mass is 463 g/mol. The van der Waals surface area contributed by atoms with Crippen molar-refractivity contribution >= 4 is 39.4 Å². The van der Waals surface area contributed by atoms with Gasteiger partial charge in [0.15, 0.2) is 0 Å². The smallest absolute Gasteiger partial charge is 0.343 e. The molecule has 150 valence electrons. The number of anilines is 1. The van der Waals surface area contributed by atoms with Gasteiger partial charge in [0.2, 0.25) is 11.8 Å². The minimum absolute atomic E-state index is 0.131. The molecule has 7 rings (SSSR count). The van der Waals surface area contributed by atoms with Crippen LogP contribution < -0.4 is 9.64 Å². The van der Waals surface area contributed by atoms with Crippen LogP contribution in [-0.4, -0.2) is 17.8 Å². The van der Waals surface area contributed by atoms with Gasteiger partial charge in [0, 0.05) is 4.47 Å². The van der Waals surface area contributed by atoms with Gasteiger partial charge in [-0.15, -0.1) is 0 Å². The first-order valence-corrected chi connectivity index (χ1v) is 11.0. The van der Waals surface area contributed by atoms with E-state index < -0.39 is 5.97 Å². The minimum Gasteiger partial charge on any atom is -0.423 e. The van der Waals surface area contributed by atoms with Crippen molar-refractivity contribution in [2.24, 2.45) is 35.5 Å². The first kappa shape index (κ1) is 18.1. The van der Waals surface area contributed by atoms with E-state index >= 15 is 0 Å². The largest absolute Gasteiger partial charge is 0.423 e. The standard InChI is InChI=1S/C24H18BrNO4/c25-13-4-6-15(7-5-13)30-24(29)12-2-1-3-14(10-12)26-22(27)20-16-8-9-17(19-11-18(16)19)21(20)23(26)28/h1-10,16-21H,11H2/t16-,17-,18-,19+,20+,21+/m0/s1. The number of allylic oxidation sites excluding steroid dienone is 2. The molecule has 1 saturated heterocycles. The number of nitrogens with zero attached hydrogens (tertiary/aromatic N) is 1. The number of hydrogen-bond donors (Lipinski definition) is 0. The second-order valence-corrected chi connectivity index (χ2v) is 9.48. The highest BCUT2D eigenvalue weighted by Gasteiger charge is 2.67. The summed E-state index contributed by atoms with van der Waals surface area (Å²) in [5, 5.41) is 0. The van der Waals surface area contributed by atoms with Gasteiger partial charge < -0.3 is 4.74 Å². The van der Waals surface area contributed by atoms with Crippen molar-refractivity contribution in [2.75, 3.05) is 4.90 Å².